The number of amides is 2. The van der Waals surface area contributed by atoms with Crippen molar-refractivity contribution < 1.29 is 33.0 Å². The van der Waals surface area contributed by atoms with Crippen molar-refractivity contribution in [2.45, 2.75) is 6.61 Å². The van der Waals surface area contributed by atoms with Crippen LogP contribution in [0, 0.1) is 5.82 Å². The van der Waals surface area contributed by atoms with E-state index in [-0.39, 0.29) is 45.8 Å². The van der Waals surface area contributed by atoms with Gasteiger partial charge in [0.2, 0.25) is 0 Å². The number of esters is 1. The fourth-order valence-corrected chi connectivity index (χ4v) is 3.98. The highest BCUT2D eigenvalue weighted by Crippen LogP contribution is 2.37. The lowest BCUT2D eigenvalue weighted by Crippen LogP contribution is -2.30. The molecule has 1 aromatic heterocycles. The molecule has 2 heterocycles. The number of carbonyl (C=O) groups excluding carboxylic acids is 3. The highest BCUT2D eigenvalue weighted by molar-refractivity contribution is 6.34. The van der Waals surface area contributed by atoms with Crippen molar-refractivity contribution >= 4 is 34.5 Å². The molecule has 180 valence electrons. The molecule has 2 amide bonds. The van der Waals surface area contributed by atoms with Gasteiger partial charge in [0, 0.05) is 5.39 Å². The van der Waals surface area contributed by atoms with Crippen molar-refractivity contribution in [2.75, 3.05) is 19.1 Å². The van der Waals surface area contributed by atoms with E-state index in [0.29, 0.717) is 5.75 Å². The summed E-state index contributed by atoms with van der Waals surface area (Å²) in [4.78, 5) is 43.5. The zero-order valence-electron chi connectivity index (χ0n) is 19.3. The number of pyridine rings is 1. The number of anilines is 1. The molecular weight excluding hydrogens is 467 g/mol. The van der Waals surface area contributed by atoms with Crippen LogP contribution in [0.2, 0.25) is 0 Å². The van der Waals surface area contributed by atoms with Crippen LogP contribution < -0.4 is 14.4 Å². The molecular formula is C27H19FN2O6. The zero-order chi connectivity index (χ0) is 25.4. The third-order valence-corrected chi connectivity index (χ3v) is 5.80. The molecule has 0 atom stereocenters. The van der Waals surface area contributed by atoms with Crippen LogP contribution in [-0.2, 0) is 11.3 Å². The molecule has 9 heteroatoms. The lowest BCUT2D eigenvalue weighted by molar-refractivity contribution is 0.0600. The number of nitrogens with zero attached hydrogens (tertiary/aromatic N) is 2. The van der Waals surface area contributed by atoms with Gasteiger partial charge in [0.1, 0.15) is 23.7 Å². The Morgan fingerprint density at radius 3 is 2.22 bits per heavy atom. The van der Waals surface area contributed by atoms with Crippen LogP contribution in [0.5, 0.6) is 11.5 Å². The van der Waals surface area contributed by atoms with E-state index >= 15 is 4.39 Å². The number of rotatable bonds is 6. The van der Waals surface area contributed by atoms with Gasteiger partial charge >= 0.3 is 5.97 Å². The summed E-state index contributed by atoms with van der Waals surface area (Å²) in [6.07, 6.45) is 0. The summed E-state index contributed by atoms with van der Waals surface area (Å²) >= 11 is 0. The van der Waals surface area contributed by atoms with E-state index in [0.717, 1.165) is 16.5 Å². The topological polar surface area (TPSA) is 95.0 Å². The number of hydrogen-bond acceptors (Lipinski definition) is 7. The summed E-state index contributed by atoms with van der Waals surface area (Å²) < 4.78 is 30.9. The number of halogens is 1. The number of benzene rings is 3. The predicted octanol–water partition coefficient (Wildman–Crippen LogP) is 4.55. The number of fused-ring (bicyclic) bond motifs is 2. The summed E-state index contributed by atoms with van der Waals surface area (Å²) in [5.41, 5.74) is 1.06. The van der Waals surface area contributed by atoms with E-state index in [1.807, 2.05) is 0 Å². The second-order valence-electron chi connectivity index (χ2n) is 7.96. The molecule has 0 fully saturated rings. The normalized spacial score (nSPS) is 12.6. The molecule has 1 aliphatic heterocycles. The van der Waals surface area contributed by atoms with Gasteiger partial charge < -0.3 is 14.2 Å². The third-order valence-electron chi connectivity index (χ3n) is 5.80. The van der Waals surface area contributed by atoms with Crippen molar-refractivity contribution in [1.82, 2.24) is 4.98 Å². The van der Waals surface area contributed by atoms with Crippen molar-refractivity contribution in [1.29, 1.82) is 0 Å². The third kappa shape index (κ3) is 3.90. The minimum Gasteiger partial charge on any atom is -0.497 e. The Kier molecular flexibility index (Phi) is 5.81. The van der Waals surface area contributed by atoms with E-state index in [1.165, 1.54) is 31.4 Å². The summed E-state index contributed by atoms with van der Waals surface area (Å²) in [6.45, 7) is 0.0620. The van der Waals surface area contributed by atoms with Gasteiger partial charge in [0.05, 0.1) is 30.9 Å². The molecule has 0 saturated carbocycles. The van der Waals surface area contributed by atoms with Crippen LogP contribution in [0.1, 0.15) is 36.6 Å². The van der Waals surface area contributed by atoms with E-state index in [2.05, 4.69) is 4.98 Å². The van der Waals surface area contributed by atoms with Crippen LogP contribution in [0.4, 0.5) is 10.2 Å². The molecule has 0 aliphatic carbocycles. The second-order valence-corrected chi connectivity index (χ2v) is 7.96. The molecule has 0 saturated heterocycles. The van der Waals surface area contributed by atoms with Gasteiger partial charge in [-0.3, -0.25) is 9.59 Å². The van der Waals surface area contributed by atoms with Gasteiger partial charge in [-0.05, 0) is 48.0 Å². The molecule has 0 bridgehead atoms. The van der Waals surface area contributed by atoms with Crippen LogP contribution in [0.15, 0.2) is 66.7 Å². The van der Waals surface area contributed by atoms with Crippen molar-refractivity contribution in [3.05, 3.63) is 94.8 Å². The Bertz CT molecular complexity index is 1500. The number of carbonyl (C=O) groups is 3. The quantitative estimate of drug-likeness (QED) is 0.292. The second kappa shape index (κ2) is 9.10. The van der Waals surface area contributed by atoms with Crippen LogP contribution in [0.25, 0.3) is 10.9 Å². The Morgan fingerprint density at radius 2 is 1.61 bits per heavy atom. The molecule has 4 aromatic rings. The number of ether oxygens (including phenoxy) is 3. The average molecular weight is 486 g/mol. The maximum Gasteiger partial charge on any atom is 0.337 e. The number of aromatic nitrogens is 1. The highest BCUT2D eigenvalue weighted by Gasteiger charge is 2.39. The standard InChI is InChI=1S/C27H19FN2O6/c1-34-18-9-7-15(8-10-18)14-36-22-13-16-11-17(27(33)35-2)12-21(28)23(16)29-24(22)30-25(31)19-5-3-4-6-20(19)26(30)32/h3-13H,14H2,1-2H3. The Balaban J connectivity index is 1.62. The first-order valence-corrected chi connectivity index (χ1v) is 10.9. The van der Waals surface area contributed by atoms with E-state index in [4.69, 9.17) is 14.2 Å². The molecule has 3 aromatic carbocycles. The predicted molar refractivity (Wildman–Crippen MR) is 128 cm³/mol. The summed E-state index contributed by atoms with van der Waals surface area (Å²) in [5.74, 6) is -2.13. The Morgan fingerprint density at radius 1 is 0.944 bits per heavy atom. The summed E-state index contributed by atoms with van der Waals surface area (Å²) in [5, 5.41) is 0.237. The van der Waals surface area contributed by atoms with Gasteiger partial charge in [-0.25, -0.2) is 19.1 Å². The lowest BCUT2D eigenvalue weighted by Gasteiger charge is -2.19. The molecule has 0 spiro atoms. The summed E-state index contributed by atoms with van der Waals surface area (Å²) in [7, 11) is 2.75. The van der Waals surface area contributed by atoms with Crippen LogP contribution >= 0.6 is 0 Å². The lowest BCUT2D eigenvalue weighted by atomic mass is 10.1. The van der Waals surface area contributed by atoms with Gasteiger partial charge in [-0.2, -0.15) is 0 Å². The van der Waals surface area contributed by atoms with Crippen molar-refractivity contribution in [2.24, 2.45) is 0 Å². The number of hydrogen-bond donors (Lipinski definition) is 0. The fraction of sp³-hybridized carbons (Fsp3) is 0.111. The van der Waals surface area contributed by atoms with Crippen LogP contribution in [-0.4, -0.2) is 37.0 Å². The molecule has 8 nitrogen and oxygen atoms in total. The number of imide groups is 1. The molecule has 1 aliphatic rings. The highest BCUT2D eigenvalue weighted by atomic mass is 19.1. The van der Waals surface area contributed by atoms with Gasteiger partial charge in [-0.1, -0.05) is 24.3 Å². The maximum atomic E-state index is 15.0. The van der Waals surface area contributed by atoms with E-state index in [1.54, 1.807) is 43.5 Å². The smallest absolute Gasteiger partial charge is 0.337 e. The molecule has 0 N–H and O–H groups in total. The first kappa shape index (κ1) is 23.0. The van der Waals surface area contributed by atoms with E-state index in [9.17, 15) is 14.4 Å². The van der Waals surface area contributed by atoms with Crippen molar-refractivity contribution in [3.63, 3.8) is 0 Å². The first-order chi connectivity index (χ1) is 17.4. The molecule has 0 unspecified atom stereocenters. The Labute approximate surface area is 204 Å². The summed E-state index contributed by atoms with van der Waals surface area (Å²) in [6, 6.07) is 17.3. The molecule has 36 heavy (non-hydrogen) atoms. The zero-order valence-corrected chi connectivity index (χ0v) is 19.3. The number of methoxy groups -OCH3 is 2. The first-order valence-electron chi connectivity index (χ1n) is 10.9. The van der Waals surface area contributed by atoms with Crippen molar-refractivity contribution in [3.8, 4) is 11.5 Å². The van der Waals surface area contributed by atoms with Gasteiger partial charge in [0.25, 0.3) is 11.8 Å². The maximum absolute atomic E-state index is 15.0. The average Bonchev–Trinajstić information content (AvgIpc) is 3.16. The van der Waals surface area contributed by atoms with Crippen LogP contribution in [0.3, 0.4) is 0 Å². The Hall–Kier alpha value is -4.79. The van der Waals surface area contributed by atoms with E-state index < -0.39 is 23.6 Å². The SMILES string of the molecule is COC(=O)c1cc(F)c2nc(N3C(=O)c4ccccc4C3=O)c(OCc3ccc(OC)cc3)cc2c1. The van der Waals surface area contributed by atoms with Gasteiger partial charge in [0.15, 0.2) is 11.6 Å². The van der Waals surface area contributed by atoms with Gasteiger partial charge in [-0.15, -0.1) is 0 Å². The minimum atomic E-state index is -0.813. The monoisotopic (exact) mass is 486 g/mol. The fourth-order valence-electron chi connectivity index (χ4n) is 3.98. The molecule has 5 rings (SSSR count). The molecule has 0 radical (unpaired) electrons. The minimum absolute atomic E-state index is 0.0149. The largest absolute Gasteiger partial charge is 0.497 e.